The van der Waals surface area contributed by atoms with Gasteiger partial charge in [0.1, 0.15) is 0 Å². The van der Waals surface area contributed by atoms with Crippen LogP contribution in [0.2, 0.25) is 0 Å². The number of rotatable bonds is 4. The summed E-state index contributed by atoms with van der Waals surface area (Å²) in [6.07, 6.45) is 1.65. The van der Waals surface area contributed by atoms with Crippen LogP contribution in [0.5, 0.6) is 0 Å². The van der Waals surface area contributed by atoms with Gasteiger partial charge < -0.3 is 4.90 Å². The Balaban J connectivity index is 1.70. The first-order valence-corrected chi connectivity index (χ1v) is 8.62. The third-order valence-corrected chi connectivity index (χ3v) is 6.62. The van der Waals surface area contributed by atoms with Gasteiger partial charge in [-0.2, -0.15) is 0 Å². The lowest BCUT2D eigenvalue weighted by Gasteiger charge is -2.43. The highest BCUT2D eigenvalue weighted by Gasteiger charge is 2.37. The van der Waals surface area contributed by atoms with E-state index < -0.39 is 9.84 Å². The molecule has 2 aliphatic rings. The van der Waals surface area contributed by atoms with Crippen molar-refractivity contribution in [3.63, 3.8) is 0 Å². The fourth-order valence-corrected chi connectivity index (χ4v) is 4.22. The molecule has 0 bridgehead atoms. The van der Waals surface area contributed by atoms with E-state index in [4.69, 9.17) is 0 Å². The van der Waals surface area contributed by atoms with Gasteiger partial charge in [0.2, 0.25) is 0 Å². The van der Waals surface area contributed by atoms with E-state index in [1.165, 1.54) is 0 Å². The molecule has 1 heterocycles. The number of nitrogens with zero attached hydrogens (tertiary/aromatic N) is 1. The molecule has 0 N–H and O–H groups in total. The number of sulfone groups is 1. The lowest BCUT2D eigenvalue weighted by atomic mass is 9.88. The Hall–Kier alpha value is -1.03. The van der Waals surface area contributed by atoms with Crippen molar-refractivity contribution in [2.75, 3.05) is 18.0 Å². The highest BCUT2D eigenvalue weighted by molar-refractivity contribution is 7.92. The molecule has 104 valence electrons. The predicted molar refractivity (Wildman–Crippen MR) is 77.2 cm³/mol. The minimum atomic E-state index is -3.04. The Morgan fingerprint density at radius 1 is 1.11 bits per heavy atom. The zero-order chi connectivity index (χ0) is 13.6. The molecule has 0 amide bonds. The highest BCUT2D eigenvalue weighted by Crippen LogP contribution is 2.35. The molecule has 2 fully saturated rings. The van der Waals surface area contributed by atoms with Crippen LogP contribution in [0.1, 0.15) is 26.7 Å². The molecule has 3 nitrogen and oxygen atoms in total. The minimum absolute atomic E-state index is 0.118. The zero-order valence-electron chi connectivity index (χ0n) is 11.5. The van der Waals surface area contributed by atoms with Gasteiger partial charge in [0.15, 0.2) is 9.84 Å². The minimum Gasteiger partial charge on any atom is -0.371 e. The predicted octanol–water partition coefficient (Wildman–Crippen LogP) is 2.71. The van der Waals surface area contributed by atoms with Crippen LogP contribution < -0.4 is 4.90 Å². The fraction of sp³-hybridized carbons (Fsp3) is 0.600. The standard InChI is InChI=1S/C15H21NO2S/c1-11(2)12-9-16(10-12)13-3-5-14(6-4-13)19(17,18)15-7-8-15/h3-6,11-12,15H,7-10H2,1-2H3. The SMILES string of the molecule is CC(C)C1CN(c2ccc(S(=O)(=O)C3CC3)cc2)C1. The molecule has 0 aromatic heterocycles. The third-order valence-electron chi connectivity index (χ3n) is 4.35. The Morgan fingerprint density at radius 3 is 2.16 bits per heavy atom. The van der Waals surface area contributed by atoms with Crippen LogP contribution in [0.25, 0.3) is 0 Å². The highest BCUT2D eigenvalue weighted by atomic mass is 32.2. The average Bonchev–Trinajstić information content (AvgIpc) is 3.11. The van der Waals surface area contributed by atoms with Crippen molar-refractivity contribution < 1.29 is 8.42 Å². The van der Waals surface area contributed by atoms with Crippen LogP contribution in [-0.2, 0) is 9.84 Å². The lowest BCUT2D eigenvalue weighted by Crippen LogP contribution is -2.49. The Kier molecular flexibility index (Phi) is 3.08. The third kappa shape index (κ3) is 2.38. The number of benzene rings is 1. The summed E-state index contributed by atoms with van der Waals surface area (Å²) in [7, 11) is -3.04. The monoisotopic (exact) mass is 279 g/mol. The smallest absolute Gasteiger partial charge is 0.181 e. The number of hydrogen-bond acceptors (Lipinski definition) is 3. The first kappa shape index (κ1) is 13.0. The van der Waals surface area contributed by atoms with E-state index >= 15 is 0 Å². The second-order valence-electron chi connectivity index (χ2n) is 6.15. The van der Waals surface area contributed by atoms with Gasteiger partial charge in [-0.05, 0) is 48.9 Å². The van der Waals surface area contributed by atoms with E-state index in [1.54, 1.807) is 12.1 Å². The van der Waals surface area contributed by atoms with Crippen molar-refractivity contribution in [2.45, 2.75) is 36.8 Å². The summed E-state index contributed by atoms with van der Waals surface area (Å²) in [4.78, 5) is 2.80. The van der Waals surface area contributed by atoms with Crippen LogP contribution in [0, 0.1) is 11.8 Å². The molecule has 1 aromatic carbocycles. The maximum Gasteiger partial charge on any atom is 0.181 e. The molecule has 0 spiro atoms. The quantitative estimate of drug-likeness (QED) is 0.850. The van der Waals surface area contributed by atoms with E-state index in [-0.39, 0.29) is 5.25 Å². The number of hydrogen-bond donors (Lipinski definition) is 0. The molecule has 0 radical (unpaired) electrons. The summed E-state index contributed by atoms with van der Waals surface area (Å²) < 4.78 is 24.2. The summed E-state index contributed by atoms with van der Waals surface area (Å²) >= 11 is 0. The van der Waals surface area contributed by atoms with Crippen molar-refractivity contribution >= 4 is 15.5 Å². The molecule has 19 heavy (non-hydrogen) atoms. The maximum atomic E-state index is 12.1. The van der Waals surface area contributed by atoms with Gasteiger partial charge in [-0.1, -0.05) is 13.8 Å². The average molecular weight is 279 g/mol. The molecule has 4 heteroatoms. The van der Waals surface area contributed by atoms with Gasteiger partial charge in [-0.3, -0.25) is 0 Å². The summed E-state index contributed by atoms with van der Waals surface area (Å²) in [5.74, 6) is 1.50. The molecule has 1 aliphatic carbocycles. The first-order chi connectivity index (χ1) is 8.98. The van der Waals surface area contributed by atoms with Gasteiger partial charge in [0.05, 0.1) is 10.1 Å². The molecule has 1 aliphatic heterocycles. The largest absolute Gasteiger partial charge is 0.371 e. The van der Waals surface area contributed by atoms with Gasteiger partial charge in [0, 0.05) is 18.8 Å². The van der Waals surface area contributed by atoms with Crippen LogP contribution in [0.15, 0.2) is 29.2 Å². The van der Waals surface area contributed by atoms with Crippen LogP contribution in [-0.4, -0.2) is 26.8 Å². The van der Waals surface area contributed by atoms with Gasteiger partial charge in [-0.25, -0.2) is 8.42 Å². The van der Waals surface area contributed by atoms with E-state index in [2.05, 4.69) is 18.7 Å². The molecule has 3 rings (SSSR count). The molecule has 1 aromatic rings. The summed E-state index contributed by atoms with van der Waals surface area (Å²) in [5.41, 5.74) is 1.15. The molecular weight excluding hydrogens is 258 g/mol. The molecule has 0 unspecified atom stereocenters. The number of anilines is 1. The van der Waals surface area contributed by atoms with Gasteiger partial charge in [0.25, 0.3) is 0 Å². The molecule has 1 saturated heterocycles. The summed E-state index contributed by atoms with van der Waals surface area (Å²) in [5, 5.41) is -0.118. The van der Waals surface area contributed by atoms with Crippen LogP contribution in [0.3, 0.4) is 0 Å². The van der Waals surface area contributed by atoms with Gasteiger partial charge in [-0.15, -0.1) is 0 Å². The van der Waals surface area contributed by atoms with E-state index in [1.807, 2.05) is 12.1 Å². The van der Waals surface area contributed by atoms with Crippen molar-refractivity contribution in [1.82, 2.24) is 0 Å². The van der Waals surface area contributed by atoms with E-state index in [0.717, 1.165) is 43.5 Å². The second-order valence-corrected chi connectivity index (χ2v) is 8.38. The van der Waals surface area contributed by atoms with E-state index in [9.17, 15) is 8.42 Å². The molecular formula is C15H21NO2S. The summed E-state index contributed by atoms with van der Waals surface area (Å²) in [6, 6.07) is 7.44. The summed E-state index contributed by atoms with van der Waals surface area (Å²) in [6.45, 7) is 6.69. The second kappa shape index (κ2) is 4.51. The van der Waals surface area contributed by atoms with E-state index in [0.29, 0.717) is 4.90 Å². The van der Waals surface area contributed by atoms with Crippen molar-refractivity contribution in [1.29, 1.82) is 0 Å². The first-order valence-electron chi connectivity index (χ1n) is 7.07. The molecule has 1 saturated carbocycles. The van der Waals surface area contributed by atoms with Gasteiger partial charge >= 0.3 is 0 Å². The van der Waals surface area contributed by atoms with Crippen LogP contribution >= 0.6 is 0 Å². The lowest BCUT2D eigenvalue weighted by molar-refractivity contribution is 0.310. The molecule has 0 atom stereocenters. The zero-order valence-corrected chi connectivity index (χ0v) is 12.4. The Bertz CT molecular complexity index is 552. The fourth-order valence-electron chi connectivity index (χ4n) is 2.56. The van der Waals surface area contributed by atoms with Crippen molar-refractivity contribution in [3.8, 4) is 0 Å². The Labute approximate surface area is 115 Å². The maximum absolute atomic E-state index is 12.1. The topological polar surface area (TPSA) is 37.4 Å². The Morgan fingerprint density at radius 2 is 1.68 bits per heavy atom. The van der Waals surface area contributed by atoms with Crippen molar-refractivity contribution in [2.24, 2.45) is 11.8 Å². The van der Waals surface area contributed by atoms with Crippen LogP contribution in [0.4, 0.5) is 5.69 Å². The normalized spacial score (nSPS) is 20.7. The van der Waals surface area contributed by atoms with Crippen molar-refractivity contribution in [3.05, 3.63) is 24.3 Å².